The van der Waals surface area contributed by atoms with Crippen LogP contribution in [0.1, 0.15) is 59.3 Å². The molecule has 0 saturated heterocycles. The minimum atomic E-state index is -0.858. The fourth-order valence-corrected chi connectivity index (χ4v) is 3.71. The lowest BCUT2D eigenvalue weighted by Gasteiger charge is -2.19. The number of hydrogen-bond donors (Lipinski definition) is 6. The van der Waals surface area contributed by atoms with Gasteiger partial charge in [-0.25, -0.2) is 0 Å². The highest BCUT2D eigenvalue weighted by Crippen LogP contribution is 2.08. The third kappa shape index (κ3) is 31.3. The second kappa shape index (κ2) is 29.1. The van der Waals surface area contributed by atoms with Crippen LogP contribution in [-0.2, 0) is 57.2 Å². The van der Waals surface area contributed by atoms with Crippen molar-refractivity contribution in [2.75, 3.05) is 43.7 Å². The second-order valence-corrected chi connectivity index (χ2v) is 13.5. The Kier molecular flexibility index (Phi) is 29.8. The van der Waals surface area contributed by atoms with E-state index in [1.807, 2.05) is 0 Å². The smallest absolute Gasteiger partial charge is 0.307 e. The van der Waals surface area contributed by atoms with Crippen molar-refractivity contribution in [1.82, 2.24) is 0 Å². The summed E-state index contributed by atoms with van der Waals surface area (Å²) < 4.78 is 30.2. The molecule has 18 heteroatoms. The lowest BCUT2D eigenvalue weighted by atomic mass is 10.3. The van der Waals surface area contributed by atoms with Crippen molar-refractivity contribution in [3.63, 3.8) is 0 Å². The minimum Gasteiger partial charge on any atom is -0.462 e. The lowest BCUT2D eigenvalue weighted by molar-refractivity contribution is -0.166. The van der Waals surface area contributed by atoms with E-state index < -0.39 is 48.0 Å². The molecular weight excluding hydrogens is 709 g/mol. The summed E-state index contributed by atoms with van der Waals surface area (Å²) >= 11 is 24.1. The number of esters is 6. The van der Waals surface area contributed by atoms with Crippen LogP contribution >= 0.6 is 75.8 Å². The Bertz CT molecular complexity index is 840. The summed E-state index contributed by atoms with van der Waals surface area (Å²) in [4.78, 5) is 68.8. The summed E-state index contributed by atoms with van der Waals surface area (Å²) in [5, 5.41) is -0.449. The maximum Gasteiger partial charge on any atom is 0.307 e. The van der Waals surface area contributed by atoms with Gasteiger partial charge in [0.25, 0.3) is 0 Å². The van der Waals surface area contributed by atoms with Gasteiger partial charge in [-0.1, -0.05) is 20.8 Å². The summed E-state index contributed by atoms with van der Waals surface area (Å²) in [6.45, 7) is 4.57. The minimum absolute atomic E-state index is 0.100. The van der Waals surface area contributed by atoms with Gasteiger partial charge in [0.15, 0.2) is 12.2 Å². The summed E-state index contributed by atoms with van der Waals surface area (Å²) in [7, 11) is 0. The van der Waals surface area contributed by atoms with Crippen molar-refractivity contribution >= 4 is 112 Å². The normalized spacial score (nSPS) is 13.2. The molecule has 0 aliphatic heterocycles. The molecule has 0 radical (unpaired) electrons. The zero-order chi connectivity index (χ0) is 34.8. The van der Waals surface area contributed by atoms with E-state index in [9.17, 15) is 28.8 Å². The Hall–Kier alpha value is -1.08. The number of carbonyl (C=O) groups is 6. The Labute approximate surface area is 298 Å². The first-order chi connectivity index (χ1) is 21.1. The highest BCUT2D eigenvalue weighted by atomic mass is 32.1. The average Bonchev–Trinajstić information content (AvgIpc) is 2.91. The third-order valence-corrected chi connectivity index (χ3v) is 5.87. The fourth-order valence-electron chi connectivity index (χ4n) is 2.71. The van der Waals surface area contributed by atoms with E-state index in [1.54, 1.807) is 20.8 Å². The quantitative estimate of drug-likeness (QED) is 0.0547. The number of hydrogen-bond acceptors (Lipinski definition) is 18. The van der Waals surface area contributed by atoms with Crippen LogP contribution in [0, 0.1) is 0 Å². The van der Waals surface area contributed by atoms with Crippen LogP contribution in [-0.4, -0.2) is 107 Å². The van der Waals surface area contributed by atoms with Gasteiger partial charge in [-0.15, -0.1) is 0 Å². The van der Waals surface area contributed by atoms with Crippen LogP contribution in [0.3, 0.4) is 0 Å². The van der Waals surface area contributed by atoms with Gasteiger partial charge in [0.2, 0.25) is 0 Å². The first-order valence-electron chi connectivity index (χ1n) is 14.0. The molecule has 0 rings (SSSR count). The molecule has 0 aromatic carbocycles. The van der Waals surface area contributed by atoms with Gasteiger partial charge in [-0.3, -0.25) is 28.8 Å². The molecule has 0 aliphatic rings. The molecule has 0 saturated carbocycles. The van der Waals surface area contributed by atoms with Crippen molar-refractivity contribution in [2.45, 2.75) is 87.3 Å². The Morgan fingerprint density at radius 1 is 0.444 bits per heavy atom. The summed E-state index contributed by atoms with van der Waals surface area (Å²) in [6, 6.07) is 0. The van der Waals surface area contributed by atoms with Crippen LogP contribution in [0.5, 0.6) is 0 Å². The predicted molar refractivity (Wildman–Crippen MR) is 188 cm³/mol. The summed E-state index contributed by atoms with van der Waals surface area (Å²) in [6.07, 6.45) is -0.895. The van der Waals surface area contributed by atoms with Gasteiger partial charge < -0.3 is 28.4 Å². The molecule has 262 valence electrons. The van der Waals surface area contributed by atoms with Crippen LogP contribution < -0.4 is 0 Å². The Morgan fingerprint density at radius 3 is 1.02 bits per heavy atom. The molecular formula is C27H46O12S6. The molecule has 3 atom stereocenters. The third-order valence-electron chi connectivity index (χ3n) is 4.65. The predicted octanol–water partition coefficient (Wildman–Crippen LogP) is 3.05. The number of carbonyl (C=O) groups excluding carboxylic acids is 6. The maximum atomic E-state index is 11.7. The number of thiol groups is 6. The average molecular weight is 755 g/mol. The second-order valence-electron chi connectivity index (χ2n) is 9.54. The highest BCUT2D eigenvalue weighted by Gasteiger charge is 2.21. The maximum absolute atomic E-state index is 11.7. The largest absolute Gasteiger partial charge is 0.462 e. The van der Waals surface area contributed by atoms with Gasteiger partial charge in [0.05, 0.1) is 38.5 Å². The molecule has 0 aliphatic carbocycles. The van der Waals surface area contributed by atoms with E-state index in [1.165, 1.54) is 0 Å². The van der Waals surface area contributed by atoms with Gasteiger partial charge in [0.1, 0.15) is 26.4 Å². The molecule has 0 amide bonds. The Balaban J connectivity index is 0. The van der Waals surface area contributed by atoms with Crippen molar-refractivity contribution < 1.29 is 57.2 Å². The highest BCUT2D eigenvalue weighted by molar-refractivity contribution is 7.81. The molecule has 0 aromatic heterocycles. The molecule has 0 spiro atoms. The topological polar surface area (TPSA) is 158 Å². The molecule has 45 heavy (non-hydrogen) atoms. The summed E-state index contributed by atoms with van der Waals surface area (Å²) in [5.41, 5.74) is 0. The zero-order valence-corrected chi connectivity index (χ0v) is 31.0. The van der Waals surface area contributed by atoms with E-state index >= 15 is 0 Å². The van der Waals surface area contributed by atoms with Crippen molar-refractivity contribution in [2.24, 2.45) is 0 Å². The molecule has 0 heterocycles. The van der Waals surface area contributed by atoms with Crippen LogP contribution in [0.15, 0.2) is 0 Å². The van der Waals surface area contributed by atoms with Gasteiger partial charge in [-0.2, -0.15) is 75.8 Å². The van der Waals surface area contributed by atoms with E-state index in [2.05, 4.69) is 75.8 Å². The molecule has 0 aromatic rings. The molecule has 0 bridgehead atoms. The van der Waals surface area contributed by atoms with E-state index in [4.69, 9.17) is 28.4 Å². The monoisotopic (exact) mass is 754 g/mol. The van der Waals surface area contributed by atoms with Crippen LogP contribution in [0.25, 0.3) is 0 Å². The fraction of sp³-hybridized carbons (Fsp3) is 0.778. The lowest BCUT2D eigenvalue weighted by Crippen LogP contribution is -2.31. The first kappa shape index (κ1) is 46.0. The van der Waals surface area contributed by atoms with E-state index in [0.717, 1.165) is 0 Å². The SMILES string of the molecule is CC(S)CC(=O)OCC(COC(=O)CC(C)S)OC(=O)CC(C)S.O=C(CCS)OCC(COC(=O)CCS)OC(=O)CCS. The van der Waals surface area contributed by atoms with Crippen LogP contribution in [0.2, 0.25) is 0 Å². The van der Waals surface area contributed by atoms with Gasteiger partial charge >= 0.3 is 35.8 Å². The zero-order valence-electron chi connectivity index (χ0n) is 25.7. The number of ether oxygens (including phenoxy) is 6. The van der Waals surface area contributed by atoms with E-state index in [0.29, 0.717) is 17.3 Å². The van der Waals surface area contributed by atoms with Crippen molar-refractivity contribution in [3.05, 3.63) is 0 Å². The molecule has 0 N–H and O–H groups in total. The first-order valence-corrected chi connectivity index (χ1v) is 17.5. The molecule has 3 unspecified atom stereocenters. The summed E-state index contributed by atoms with van der Waals surface area (Å²) in [5.74, 6) is -1.77. The Morgan fingerprint density at radius 2 is 0.711 bits per heavy atom. The van der Waals surface area contributed by atoms with Gasteiger partial charge in [-0.05, 0) is 0 Å². The van der Waals surface area contributed by atoms with Crippen molar-refractivity contribution in [1.29, 1.82) is 0 Å². The standard InChI is InChI=1S/C15H26O6S3.C12H20O6S3/c1-9(22)4-13(16)19-7-12(21-15(18)6-11(3)24)8-20-14(17)5-10(2)23;13-10(1-4-19)16-7-9(18-12(15)3-6-21)8-17-11(14)2-5-20/h9-12,22-24H,4-8H2,1-3H3;9,19-21H,1-8H2. The van der Waals surface area contributed by atoms with Gasteiger partial charge in [0, 0.05) is 33.0 Å². The molecule has 0 fully saturated rings. The van der Waals surface area contributed by atoms with Crippen molar-refractivity contribution in [3.8, 4) is 0 Å². The molecule has 12 nitrogen and oxygen atoms in total. The van der Waals surface area contributed by atoms with Crippen LogP contribution in [0.4, 0.5) is 0 Å². The van der Waals surface area contributed by atoms with E-state index in [-0.39, 0.29) is 80.7 Å². The number of rotatable bonds is 22.